The Hall–Kier alpha value is -4.53. The summed E-state index contributed by atoms with van der Waals surface area (Å²) in [4.78, 5) is 30.1. The van der Waals surface area contributed by atoms with E-state index in [2.05, 4.69) is 32.7 Å². The third-order valence-corrected chi connectivity index (χ3v) is 5.95. The molecule has 5 aromatic rings. The van der Waals surface area contributed by atoms with Crippen LogP contribution < -0.4 is 11.0 Å². The molecule has 9 nitrogen and oxygen atoms in total. The minimum absolute atomic E-state index is 0.0422. The number of benzene rings is 2. The smallest absolute Gasteiger partial charge is 0.350 e. The van der Waals surface area contributed by atoms with Crippen LogP contribution in [0.15, 0.2) is 82.2 Å². The van der Waals surface area contributed by atoms with Crippen LogP contribution in [0.2, 0.25) is 0 Å². The van der Waals surface area contributed by atoms with Crippen LogP contribution in [0.3, 0.4) is 0 Å². The first kappa shape index (κ1) is 23.2. The van der Waals surface area contributed by atoms with E-state index in [0.717, 1.165) is 28.7 Å². The van der Waals surface area contributed by atoms with Gasteiger partial charge in [-0.15, -0.1) is 5.10 Å². The van der Waals surface area contributed by atoms with Crippen molar-refractivity contribution in [1.82, 2.24) is 29.6 Å². The van der Waals surface area contributed by atoms with Gasteiger partial charge in [0.15, 0.2) is 5.65 Å². The fraction of sp³-hybridized carbons (Fsp3) is 0.222. The molecule has 0 unspecified atom stereocenters. The molecule has 0 saturated heterocycles. The predicted molar refractivity (Wildman–Crippen MR) is 135 cm³/mol. The van der Waals surface area contributed by atoms with Crippen molar-refractivity contribution < 1.29 is 9.32 Å². The van der Waals surface area contributed by atoms with Gasteiger partial charge in [-0.3, -0.25) is 4.79 Å². The lowest BCUT2D eigenvalue weighted by molar-refractivity contribution is -0.122. The average Bonchev–Trinajstić information content (AvgIpc) is 3.49. The number of rotatable bonds is 8. The zero-order valence-electron chi connectivity index (χ0n) is 20.1. The lowest BCUT2D eigenvalue weighted by atomic mass is 10.1. The number of aryl methyl sites for hydroxylation is 2. The van der Waals surface area contributed by atoms with E-state index in [1.807, 2.05) is 56.3 Å². The number of aromatic nitrogens is 5. The molecule has 1 amide bonds. The molecule has 3 heterocycles. The van der Waals surface area contributed by atoms with E-state index in [1.54, 1.807) is 18.3 Å². The molecule has 5 rings (SSSR count). The second-order valence-corrected chi connectivity index (χ2v) is 8.84. The number of carbonyl (C=O) groups is 1. The highest BCUT2D eigenvalue weighted by Crippen LogP contribution is 2.24. The largest absolute Gasteiger partial charge is 0.352 e. The summed E-state index contributed by atoms with van der Waals surface area (Å²) in [6.45, 7) is 3.76. The lowest BCUT2D eigenvalue weighted by Crippen LogP contribution is -2.37. The van der Waals surface area contributed by atoms with Gasteiger partial charge in [0.25, 0.3) is 5.89 Å². The van der Waals surface area contributed by atoms with Crippen molar-refractivity contribution in [3.63, 3.8) is 0 Å². The van der Waals surface area contributed by atoms with Gasteiger partial charge < -0.3 is 9.84 Å². The van der Waals surface area contributed by atoms with Gasteiger partial charge in [-0.1, -0.05) is 59.3 Å². The summed E-state index contributed by atoms with van der Waals surface area (Å²) in [5, 5.41) is 11.4. The van der Waals surface area contributed by atoms with Crippen molar-refractivity contribution >= 4 is 11.6 Å². The SMILES string of the molecule is Cc1cccc(-c2noc(-c3cccn4c(=O)n(CC(=O)N[C@@H](C)CCc5ccccc5)nc34)n2)c1. The summed E-state index contributed by atoms with van der Waals surface area (Å²) < 4.78 is 8.02. The molecular formula is C27H26N6O3. The molecule has 182 valence electrons. The first-order chi connectivity index (χ1) is 17.5. The molecule has 0 fully saturated rings. The molecule has 0 aliphatic heterocycles. The van der Waals surface area contributed by atoms with Crippen molar-refractivity contribution in [3.8, 4) is 22.8 Å². The monoisotopic (exact) mass is 482 g/mol. The zero-order chi connectivity index (χ0) is 25.1. The number of pyridine rings is 1. The summed E-state index contributed by atoms with van der Waals surface area (Å²) in [5.74, 6) is 0.414. The second-order valence-electron chi connectivity index (χ2n) is 8.84. The minimum Gasteiger partial charge on any atom is -0.352 e. The molecule has 3 aromatic heterocycles. The topological polar surface area (TPSA) is 107 Å². The van der Waals surface area contributed by atoms with Crippen LogP contribution >= 0.6 is 0 Å². The third-order valence-electron chi connectivity index (χ3n) is 5.95. The summed E-state index contributed by atoms with van der Waals surface area (Å²) in [6, 6.07) is 21.3. The molecule has 0 aliphatic carbocycles. The molecule has 36 heavy (non-hydrogen) atoms. The fourth-order valence-electron chi connectivity index (χ4n) is 4.10. The van der Waals surface area contributed by atoms with Crippen molar-refractivity contribution in [1.29, 1.82) is 0 Å². The van der Waals surface area contributed by atoms with E-state index < -0.39 is 5.69 Å². The zero-order valence-corrected chi connectivity index (χ0v) is 20.1. The van der Waals surface area contributed by atoms with Crippen LogP contribution in [0.4, 0.5) is 0 Å². The molecule has 0 spiro atoms. The summed E-state index contributed by atoms with van der Waals surface area (Å²) >= 11 is 0. The number of amides is 1. The van der Waals surface area contributed by atoms with Crippen molar-refractivity contribution in [2.45, 2.75) is 39.3 Å². The number of nitrogens with one attached hydrogen (secondary N) is 1. The van der Waals surface area contributed by atoms with Crippen LogP contribution in [0.1, 0.15) is 24.5 Å². The van der Waals surface area contributed by atoms with Crippen molar-refractivity contribution in [2.24, 2.45) is 0 Å². The third kappa shape index (κ3) is 4.95. The van der Waals surface area contributed by atoms with Crippen molar-refractivity contribution in [3.05, 3.63) is 94.5 Å². The molecule has 0 saturated carbocycles. The fourth-order valence-corrected chi connectivity index (χ4v) is 4.10. The van der Waals surface area contributed by atoms with Gasteiger partial charge in [0.05, 0.1) is 5.56 Å². The van der Waals surface area contributed by atoms with Crippen LogP contribution in [-0.4, -0.2) is 36.3 Å². The Bertz CT molecular complexity index is 1570. The predicted octanol–water partition coefficient (Wildman–Crippen LogP) is 3.66. The normalized spacial score (nSPS) is 12.1. The maximum Gasteiger partial charge on any atom is 0.350 e. The van der Waals surface area contributed by atoms with E-state index >= 15 is 0 Å². The Morgan fingerprint density at radius 1 is 1.08 bits per heavy atom. The quantitative estimate of drug-likeness (QED) is 0.362. The Morgan fingerprint density at radius 3 is 2.72 bits per heavy atom. The molecule has 1 atom stereocenters. The van der Waals surface area contributed by atoms with Gasteiger partial charge in [-0.25, -0.2) is 13.9 Å². The highest BCUT2D eigenvalue weighted by molar-refractivity contribution is 5.76. The van der Waals surface area contributed by atoms with Gasteiger partial charge in [0.2, 0.25) is 11.7 Å². The number of hydrogen-bond acceptors (Lipinski definition) is 6. The number of fused-ring (bicyclic) bond motifs is 1. The van der Waals surface area contributed by atoms with Crippen molar-refractivity contribution in [2.75, 3.05) is 0 Å². The van der Waals surface area contributed by atoms with E-state index in [4.69, 9.17) is 4.52 Å². The highest BCUT2D eigenvalue weighted by Gasteiger charge is 2.19. The van der Waals surface area contributed by atoms with Crippen LogP contribution in [0, 0.1) is 6.92 Å². The Labute approximate surface area is 207 Å². The Balaban J connectivity index is 1.32. The summed E-state index contributed by atoms with van der Waals surface area (Å²) in [5.41, 5.74) is 3.56. The van der Waals surface area contributed by atoms with E-state index in [1.165, 1.54) is 9.96 Å². The first-order valence-corrected chi connectivity index (χ1v) is 11.8. The van der Waals surface area contributed by atoms with E-state index in [0.29, 0.717) is 17.0 Å². The van der Waals surface area contributed by atoms with E-state index in [-0.39, 0.29) is 24.4 Å². The van der Waals surface area contributed by atoms with Gasteiger partial charge in [0, 0.05) is 17.8 Å². The maximum atomic E-state index is 12.9. The first-order valence-electron chi connectivity index (χ1n) is 11.8. The average molecular weight is 483 g/mol. The highest BCUT2D eigenvalue weighted by atomic mass is 16.5. The van der Waals surface area contributed by atoms with Gasteiger partial charge in [-0.05, 0) is 50.5 Å². The molecule has 9 heteroatoms. The number of carbonyl (C=O) groups excluding carboxylic acids is 1. The standard InChI is InChI=1S/C27H26N6O3/c1-18-8-6-11-21(16-18)24-29-26(36-31-24)22-12-7-15-32-25(22)30-33(27(32)35)17-23(34)28-19(2)13-14-20-9-4-3-5-10-20/h3-12,15-16,19H,13-14,17H2,1-2H3,(H,28,34)/t19-/m0/s1. The Morgan fingerprint density at radius 2 is 1.92 bits per heavy atom. The molecule has 0 bridgehead atoms. The minimum atomic E-state index is -0.419. The van der Waals surface area contributed by atoms with Crippen LogP contribution in [-0.2, 0) is 17.8 Å². The number of nitrogens with zero attached hydrogens (tertiary/aromatic N) is 5. The molecule has 2 aromatic carbocycles. The number of hydrogen-bond donors (Lipinski definition) is 1. The van der Waals surface area contributed by atoms with Crippen LogP contribution in [0.5, 0.6) is 0 Å². The maximum absolute atomic E-state index is 12.9. The molecule has 1 N–H and O–H groups in total. The van der Waals surface area contributed by atoms with Crippen LogP contribution in [0.25, 0.3) is 28.5 Å². The lowest BCUT2D eigenvalue weighted by Gasteiger charge is -2.13. The Kier molecular flexibility index (Phi) is 6.44. The van der Waals surface area contributed by atoms with E-state index in [9.17, 15) is 9.59 Å². The molecule has 0 aliphatic rings. The van der Waals surface area contributed by atoms with Gasteiger partial charge >= 0.3 is 5.69 Å². The van der Waals surface area contributed by atoms with Gasteiger partial charge in [0.1, 0.15) is 6.54 Å². The molecular weight excluding hydrogens is 456 g/mol. The van der Waals surface area contributed by atoms with Gasteiger partial charge in [-0.2, -0.15) is 4.98 Å². The molecule has 0 radical (unpaired) electrons. The summed E-state index contributed by atoms with van der Waals surface area (Å²) in [7, 11) is 0. The summed E-state index contributed by atoms with van der Waals surface area (Å²) in [6.07, 6.45) is 3.25. The second kappa shape index (κ2) is 9.99.